The number of hydrogen-bond donors (Lipinski definition) is 1. The molecule has 0 aliphatic rings. The van der Waals surface area contributed by atoms with Gasteiger partial charge in [0.15, 0.2) is 17.3 Å². The largest absolute Gasteiger partial charge is 0.508 e. The molecule has 0 fully saturated rings. The second kappa shape index (κ2) is 7.84. The number of methoxy groups -OCH3 is 2. The van der Waals surface area contributed by atoms with Crippen LogP contribution in [0, 0.1) is 0 Å². The van der Waals surface area contributed by atoms with Gasteiger partial charge in [0, 0.05) is 0 Å². The number of aromatic hydroxyl groups is 1. The van der Waals surface area contributed by atoms with E-state index in [0.717, 1.165) is 11.1 Å². The Hall–Kier alpha value is -3.01. The molecule has 2 aromatic rings. The first-order valence-electron chi connectivity index (χ1n) is 7.03. The van der Waals surface area contributed by atoms with E-state index in [0.29, 0.717) is 11.5 Å². The van der Waals surface area contributed by atoms with Crippen LogP contribution in [0.2, 0.25) is 0 Å². The van der Waals surface area contributed by atoms with E-state index in [1.54, 1.807) is 62.8 Å². The molecule has 2 aromatic carbocycles. The van der Waals surface area contributed by atoms with E-state index in [4.69, 9.17) is 9.47 Å². The summed E-state index contributed by atoms with van der Waals surface area (Å²) in [6.45, 7) is 0. The fourth-order valence-corrected chi connectivity index (χ4v) is 1.95. The van der Waals surface area contributed by atoms with Gasteiger partial charge in [-0.2, -0.15) is 0 Å². The van der Waals surface area contributed by atoms with Crippen LogP contribution in [0.15, 0.2) is 54.6 Å². The average Bonchev–Trinajstić information content (AvgIpc) is 2.59. The lowest BCUT2D eigenvalue weighted by molar-refractivity contribution is -0.110. The summed E-state index contributed by atoms with van der Waals surface area (Å²) in [7, 11) is 3.14. The lowest BCUT2D eigenvalue weighted by atomic mass is 10.1. The average molecular weight is 310 g/mol. The highest BCUT2D eigenvalue weighted by Gasteiger charge is 2.02. The predicted octanol–water partition coefficient (Wildman–Crippen LogP) is 3.71. The van der Waals surface area contributed by atoms with Crippen molar-refractivity contribution >= 4 is 17.9 Å². The zero-order valence-electron chi connectivity index (χ0n) is 13.0. The highest BCUT2D eigenvalue weighted by molar-refractivity contribution is 6.04. The van der Waals surface area contributed by atoms with E-state index in [-0.39, 0.29) is 11.5 Å². The molecule has 0 amide bonds. The zero-order valence-corrected chi connectivity index (χ0v) is 13.0. The monoisotopic (exact) mass is 310 g/mol. The molecule has 4 heteroatoms. The molecule has 2 rings (SSSR count). The topological polar surface area (TPSA) is 55.8 Å². The minimum atomic E-state index is -0.132. The van der Waals surface area contributed by atoms with Crippen LogP contribution in [-0.4, -0.2) is 25.1 Å². The van der Waals surface area contributed by atoms with Crippen molar-refractivity contribution in [1.29, 1.82) is 0 Å². The molecule has 0 unspecified atom stereocenters. The Bertz CT molecular complexity index is 728. The number of ketones is 1. The van der Waals surface area contributed by atoms with Crippen LogP contribution < -0.4 is 9.47 Å². The van der Waals surface area contributed by atoms with E-state index in [2.05, 4.69) is 0 Å². The van der Waals surface area contributed by atoms with Crippen LogP contribution in [0.1, 0.15) is 11.1 Å². The molecule has 0 heterocycles. The van der Waals surface area contributed by atoms with Gasteiger partial charge in [0.2, 0.25) is 0 Å². The summed E-state index contributed by atoms with van der Waals surface area (Å²) in [5, 5.41) is 9.20. The Kier molecular flexibility index (Phi) is 5.58. The van der Waals surface area contributed by atoms with Gasteiger partial charge in [0.25, 0.3) is 0 Å². The zero-order chi connectivity index (χ0) is 16.7. The van der Waals surface area contributed by atoms with Crippen molar-refractivity contribution in [2.75, 3.05) is 14.2 Å². The highest BCUT2D eigenvalue weighted by Crippen LogP contribution is 2.27. The van der Waals surface area contributed by atoms with Crippen molar-refractivity contribution in [2.45, 2.75) is 0 Å². The molecule has 0 spiro atoms. The third-order valence-corrected chi connectivity index (χ3v) is 3.18. The summed E-state index contributed by atoms with van der Waals surface area (Å²) < 4.78 is 10.4. The lowest BCUT2D eigenvalue weighted by Gasteiger charge is -2.07. The number of carbonyl (C=O) groups is 1. The van der Waals surface area contributed by atoms with Gasteiger partial charge in [-0.3, -0.25) is 4.79 Å². The first-order chi connectivity index (χ1) is 11.1. The molecule has 23 heavy (non-hydrogen) atoms. The second-order valence-corrected chi connectivity index (χ2v) is 4.77. The fraction of sp³-hybridized carbons (Fsp3) is 0.105. The predicted molar refractivity (Wildman–Crippen MR) is 90.7 cm³/mol. The van der Waals surface area contributed by atoms with E-state index in [9.17, 15) is 9.90 Å². The highest BCUT2D eigenvalue weighted by atomic mass is 16.5. The normalized spacial score (nSPS) is 11.0. The van der Waals surface area contributed by atoms with Gasteiger partial charge in [0.05, 0.1) is 14.2 Å². The number of phenolic OH excluding ortho intramolecular Hbond substituents is 1. The molecule has 0 aliphatic carbocycles. The number of carbonyl (C=O) groups excluding carboxylic acids is 1. The molecule has 118 valence electrons. The summed E-state index contributed by atoms with van der Waals surface area (Å²) in [5.74, 6) is 1.32. The van der Waals surface area contributed by atoms with Gasteiger partial charge in [-0.25, -0.2) is 0 Å². The van der Waals surface area contributed by atoms with Crippen molar-refractivity contribution in [3.05, 3.63) is 65.7 Å². The van der Waals surface area contributed by atoms with Crippen LogP contribution >= 0.6 is 0 Å². The second-order valence-electron chi connectivity index (χ2n) is 4.77. The Morgan fingerprint density at radius 3 is 2.04 bits per heavy atom. The molecule has 0 aromatic heterocycles. The third kappa shape index (κ3) is 4.74. The van der Waals surface area contributed by atoms with E-state index < -0.39 is 0 Å². The first-order valence-corrected chi connectivity index (χ1v) is 7.03. The van der Waals surface area contributed by atoms with Gasteiger partial charge in [0.1, 0.15) is 5.75 Å². The van der Waals surface area contributed by atoms with Crippen molar-refractivity contribution < 1.29 is 19.4 Å². The van der Waals surface area contributed by atoms with Crippen LogP contribution in [0.4, 0.5) is 0 Å². The van der Waals surface area contributed by atoms with Crippen molar-refractivity contribution in [1.82, 2.24) is 0 Å². The molecule has 0 saturated carbocycles. The van der Waals surface area contributed by atoms with Crippen molar-refractivity contribution in [3.8, 4) is 17.2 Å². The number of ether oxygens (including phenoxy) is 2. The minimum Gasteiger partial charge on any atom is -0.508 e. The molecule has 0 aliphatic heterocycles. The van der Waals surface area contributed by atoms with Crippen molar-refractivity contribution in [3.63, 3.8) is 0 Å². The summed E-state index contributed by atoms with van der Waals surface area (Å²) in [5.41, 5.74) is 1.68. The molecule has 0 atom stereocenters. The van der Waals surface area contributed by atoms with Crippen LogP contribution in [0.5, 0.6) is 17.2 Å². The molecule has 0 radical (unpaired) electrons. The number of benzene rings is 2. The maximum Gasteiger partial charge on any atom is 0.178 e. The number of phenols is 1. The third-order valence-electron chi connectivity index (χ3n) is 3.18. The number of rotatable bonds is 6. The summed E-state index contributed by atoms with van der Waals surface area (Å²) in [4.78, 5) is 11.9. The first kappa shape index (κ1) is 16.4. The summed E-state index contributed by atoms with van der Waals surface area (Å²) >= 11 is 0. The smallest absolute Gasteiger partial charge is 0.178 e. The van der Waals surface area contributed by atoms with Gasteiger partial charge in [-0.1, -0.05) is 30.4 Å². The summed E-state index contributed by atoms with van der Waals surface area (Å²) in [6, 6.07) is 12.0. The maximum absolute atomic E-state index is 11.9. The number of allylic oxidation sites excluding steroid dienone is 2. The van der Waals surface area contributed by atoms with E-state index in [1.807, 2.05) is 6.07 Å². The van der Waals surface area contributed by atoms with E-state index >= 15 is 0 Å². The Labute approximate surface area is 135 Å². The quantitative estimate of drug-likeness (QED) is 0.827. The molecule has 4 nitrogen and oxygen atoms in total. The van der Waals surface area contributed by atoms with Gasteiger partial charge in [-0.05, 0) is 47.5 Å². The van der Waals surface area contributed by atoms with Gasteiger partial charge < -0.3 is 14.6 Å². The minimum absolute atomic E-state index is 0.132. The Morgan fingerprint density at radius 1 is 0.870 bits per heavy atom. The SMILES string of the molecule is COc1ccc(C=CC(=O)C=Cc2ccc(O)cc2)cc1OC. The van der Waals surface area contributed by atoms with Gasteiger partial charge in [-0.15, -0.1) is 0 Å². The van der Waals surface area contributed by atoms with Crippen LogP contribution in [0.25, 0.3) is 12.2 Å². The Morgan fingerprint density at radius 2 is 1.43 bits per heavy atom. The Balaban J connectivity index is 2.04. The number of hydrogen-bond acceptors (Lipinski definition) is 4. The molecule has 0 saturated heterocycles. The van der Waals surface area contributed by atoms with Crippen LogP contribution in [0.3, 0.4) is 0 Å². The molecular formula is C19H18O4. The van der Waals surface area contributed by atoms with Crippen LogP contribution in [-0.2, 0) is 4.79 Å². The maximum atomic E-state index is 11.9. The fourth-order valence-electron chi connectivity index (χ4n) is 1.95. The molecule has 0 bridgehead atoms. The molecular weight excluding hydrogens is 292 g/mol. The van der Waals surface area contributed by atoms with Crippen molar-refractivity contribution in [2.24, 2.45) is 0 Å². The van der Waals surface area contributed by atoms with Gasteiger partial charge >= 0.3 is 0 Å². The van der Waals surface area contributed by atoms with E-state index in [1.165, 1.54) is 12.2 Å². The molecule has 1 N–H and O–H groups in total. The lowest BCUT2D eigenvalue weighted by Crippen LogP contribution is -1.91. The summed E-state index contributed by atoms with van der Waals surface area (Å²) in [6.07, 6.45) is 6.37. The standard InChI is InChI=1S/C19H18O4/c1-22-18-12-7-15(13-19(18)23-2)6-11-17(21)10-5-14-3-8-16(20)9-4-14/h3-13,20H,1-2H3.